The largest absolute Gasteiger partial charge is 0.495 e. The Labute approximate surface area is 256 Å². The van der Waals surface area contributed by atoms with Crippen molar-refractivity contribution in [3.8, 4) is 5.75 Å². The van der Waals surface area contributed by atoms with Crippen LogP contribution in [0.3, 0.4) is 0 Å². The zero-order valence-electron chi connectivity index (χ0n) is 23.1. The van der Waals surface area contributed by atoms with Crippen molar-refractivity contribution in [1.29, 1.82) is 0 Å². The number of rotatable bonds is 8. The molecule has 1 spiro atoms. The van der Waals surface area contributed by atoms with Crippen molar-refractivity contribution in [3.05, 3.63) is 87.2 Å². The number of amides is 2. The molecule has 2 aliphatic heterocycles. The molecule has 3 aliphatic rings. The van der Waals surface area contributed by atoms with Gasteiger partial charge in [-0.25, -0.2) is 4.39 Å². The first-order valence-corrected chi connectivity index (χ1v) is 14.6. The maximum atomic E-state index is 16.0. The highest BCUT2D eigenvalue weighted by Gasteiger charge is 2.67. The lowest BCUT2D eigenvalue weighted by Gasteiger charge is -2.41. The number of primary amides is 1. The van der Waals surface area contributed by atoms with Gasteiger partial charge in [0, 0.05) is 33.6 Å². The summed E-state index contributed by atoms with van der Waals surface area (Å²) < 4.78 is 35.7. The minimum absolute atomic E-state index is 0.118. The molecule has 1 saturated heterocycles. The van der Waals surface area contributed by atoms with Gasteiger partial charge in [0.1, 0.15) is 17.8 Å². The lowest BCUT2D eigenvalue weighted by molar-refractivity contribution is -0.118. The predicted octanol–water partition coefficient (Wildman–Crippen LogP) is 5.12. The first-order valence-electron chi connectivity index (χ1n) is 13.8. The minimum Gasteiger partial charge on any atom is -0.495 e. The molecule has 3 aromatic rings. The molecular formula is C31H30Cl2F2N4O4. The van der Waals surface area contributed by atoms with E-state index in [0.29, 0.717) is 35.5 Å². The zero-order valence-corrected chi connectivity index (χ0v) is 24.6. The number of benzene rings is 3. The summed E-state index contributed by atoms with van der Waals surface area (Å²) in [6.45, 7) is -0.561. The number of halogens is 4. The molecule has 43 heavy (non-hydrogen) atoms. The predicted molar refractivity (Wildman–Crippen MR) is 160 cm³/mol. The second kappa shape index (κ2) is 10.9. The summed E-state index contributed by atoms with van der Waals surface area (Å²) in [6.07, 6.45) is 0.319. The van der Waals surface area contributed by atoms with Crippen LogP contribution in [0.4, 0.5) is 20.2 Å². The summed E-state index contributed by atoms with van der Waals surface area (Å²) in [6, 6.07) is 12.2. The number of nitrogens with one attached hydrogen (secondary N) is 3. The van der Waals surface area contributed by atoms with Crippen LogP contribution in [-0.2, 0) is 10.2 Å². The van der Waals surface area contributed by atoms with E-state index in [2.05, 4.69) is 16.0 Å². The van der Waals surface area contributed by atoms with E-state index in [1.807, 2.05) is 0 Å². The highest BCUT2D eigenvalue weighted by Crippen LogP contribution is 2.61. The Morgan fingerprint density at radius 3 is 2.60 bits per heavy atom. The van der Waals surface area contributed by atoms with Crippen molar-refractivity contribution < 1.29 is 28.2 Å². The van der Waals surface area contributed by atoms with E-state index in [0.717, 1.165) is 0 Å². The Morgan fingerprint density at radius 1 is 1.16 bits per heavy atom. The van der Waals surface area contributed by atoms with Gasteiger partial charge in [0.05, 0.1) is 36.0 Å². The first kappa shape index (κ1) is 29.6. The van der Waals surface area contributed by atoms with E-state index in [-0.39, 0.29) is 27.6 Å². The average molecular weight is 632 g/mol. The number of hydrogen-bond donors (Lipinski definition) is 5. The monoisotopic (exact) mass is 630 g/mol. The maximum Gasteiger partial charge on any atom is 0.248 e. The Balaban J connectivity index is 1.51. The number of ether oxygens (including phenoxy) is 1. The molecule has 3 aromatic carbocycles. The van der Waals surface area contributed by atoms with Crippen LogP contribution in [0.15, 0.2) is 54.6 Å². The van der Waals surface area contributed by atoms with Gasteiger partial charge in [0.25, 0.3) is 0 Å². The molecule has 2 fully saturated rings. The molecule has 2 amide bonds. The number of aliphatic hydroxyl groups excluding tert-OH is 1. The summed E-state index contributed by atoms with van der Waals surface area (Å²) in [5.74, 6) is -2.77. The molecule has 0 bridgehead atoms. The van der Waals surface area contributed by atoms with Gasteiger partial charge in [-0.05, 0) is 66.8 Å². The quantitative estimate of drug-likeness (QED) is 0.235. The number of carbonyl (C=O) groups is 2. The fourth-order valence-corrected chi connectivity index (χ4v) is 7.25. The van der Waals surface area contributed by atoms with Gasteiger partial charge in [0.15, 0.2) is 0 Å². The number of carbonyl (C=O) groups excluding carboxylic acids is 2. The van der Waals surface area contributed by atoms with E-state index in [1.54, 1.807) is 30.3 Å². The third-order valence-corrected chi connectivity index (χ3v) is 9.75. The zero-order chi connectivity index (χ0) is 30.7. The number of fused-ring (bicyclic) bond motifs is 2. The fourth-order valence-electron chi connectivity index (χ4n) is 6.90. The number of nitrogens with two attached hydrogens (primary N) is 1. The summed E-state index contributed by atoms with van der Waals surface area (Å²) in [4.78, 5) is 25.9. The molecule has 0 aromatic heterocycles. The van der Waals surface area contributed by atoms with Crippen molar-refractivity contribution in [3.63, 3.8) is 0 Å². The highest BCUT2D eigenvalue weighted by atomic mass is 35.5. The van der Waals surface area contributed by atoms with Crippen molar-refractivity contribution in [2.24, 2.45) is 11.1 Å². The van der Waals surface area contributed by atoms with E-state index >= 15 is 4.39 Å². The van der Waals surface area contributed by atoms with Crippen LogP contribution in [0.5, 0.6) is 5.75 Å². The SMILES string of the molecule is COc1cc(C(N)=O)ccc1NC(=O)[C@@H]1N[C@@H](CC2(CF)CC2)[C@]2(c3ccc(Cl)cc3NC2O)[C@H]1c1cccc(Cl)c1F. The van der Waals surface area contributed by atoms with Gasteiger partial charge in [-0.2, -0.15) is 0 Å². The Bertz CT molecular complexity index is 1620. The summed E-state index contributed by atoms with van der Waals surface area (Å²) in [7, 11) is 1.38. The standard InChI is InChI=1S/C31H30Cl2F2N4O4/c1-43-22-11-15(27(36)40)5-8-20(22)37-28(41)26-24(17-3-2-4-19(33)25(17)35)31(23(39-26)13-30(14-34)9-10-30)18-7-6-16(32)12-21(18)38-29(31)42/h2-8,11-12,23-24,26,29,38-39,42H,9-10,13-14H2,1H3,(H2,36,40)(H,37,41)/t23-,24-,26+,29?,31+/m0/s1. The number of methoxy groups -OCH3 is 1. The van der Waals surface area contributed by atoms with Crippen LogP contribution in [0.2, 0.25) is 10.0 Å². The Kier molecular flexibility index (Phi) is 7.53. The van der Waals surface area contributed by atoms with Crippen LogP contribution in [-0.4, -0.2) is 49.0 Å². The molecule has 0 radical (unpaired) electrons. The molecule has 1 aliphatic carbocycles. The summed E-state index contributed by atoms with van der Waals surface area (Å²) >= 11 is 12.6. The number of alkyl halides is 1. The van der Waals surface area contributed by atoms with E-state index < -0.39 is 59.4 Å². The molecule has 226 valence electrons. The second-order valence-corrected chi connectivity index (χ2v) is 12.4. The van der Waals surface area contributed by atoms with Gasteiger partial charge < -0.3 is 31.5 Å². The van der Waals surface area contributed by atoms with E-state index in [4.69, 9.17) is 33.7 Å². The number of hydrogen-bond acceptors (Lipinski definition) is 6. The maximum absolute atomic E-state index is 16.0. The molecule has 6 rings (SSSR count). The summed E-state index contributed by atoms with van der Waals surface area (Å²) in [5, 5.41) is 21.5. The third kappa shape index (κ3) is 4.81. The van der Waals surface area contributed by atoms with Gasteiger partial charge in [0.2, 0.25) is 11.8 Å². The number of anilines is 2. The molecule has 8 nitrogen and oxygen atoms in total. The third-order valence-electron chi connectivity index (χ3n) is 9.22. The van der Waals surface area contributed by atoms with Crippen molar-refractivity contribution in [2.45, 2.75) is 48.9 Å². The van der Waals surface area contributed by atoms with E-state index in [1.165, 1.54) is 31.4 Å². The normalized spacial score (nSPS) is 26.6. The molecular weight excluding hydrogens is 601 g/mol. The lowest BCUT2D eigenvalue weighted by atomic mass is 9.62. The Morgan fingerprint density at radius 2 is 1.93 bits per heavy atom. The lowest BCUT2D eigenvalue weighted by Crippen LogP contribution is -2.52. The molecule has 1 saturated carbocycles. The Hall–Kier alpha value is -3.44. The van der Waals surface area contributed by atoms with Crippen molar-refractivity contribution in [2.75, 3.05) is 24.4 Å². The van der Waals surface area contributed by atoms with Gasteiger partial charge >= 0.3 is 0 Å². The highest BCUT2D eigenvalue weighted by molar-refractivity contribution is 6.31. The second-order valence-electron chi connectivity index (χ2n) is 11.6. The molecule has 1 unspecified atom stereocenters. The van der Waals surface area contributed by atoms with E-state index in [9.17, 15) is 19.1 Å². The topological polar surface area (TPSA) is 126 Å². The molecule has 12 heteroatoms. The van der Waals surface area contributed by atoms with Crippen molar-refractivity contribution in [1.82, 2.24) is 5.32 Å². The van der Waals surface area contributed by atoms with Crippen LogP contribution in [0, 0.1) is 11.2 Å². The van der Waals surface area contributed by atoms with Crippen LogP contribution < -0.4 is 26.4 Å². The van der Waals surface area contributed by atoms with Crippen LogP contribution >= 0.6 is 23.2 Å². The van der Waals surface area contributed by atoms with Crippen LogP contribution in [0.25, 0.3) is 0 Å². The van der Waals surface area contributed by atoms with Crippen LogP contribution in [0.1, 0.15) is 46.7 Å². The molecule has 5 atom stereocenters. The minimum atomic E-state index is -1.32. The van der Waals surface area contributed by atoms with Gasteiger partial charge in [-0.3, -0.25) is 14.0 Å². The first-order chi connectivity index (χ1) is 20.5. The summed E-state index contributed by atoms with van der Waals surface area (Å²) in [5.41, 5.74) is 5.18. The molecule has 2 heterocycles. The number of aliphatic hydroxyl groups is 1. The smallest absolute Gasteiger partial charge is 0.248 e. The fraction of sp³-hybridized carbons (Fsp3) is 0.355. The van der Waals surface area contributed by atoms with Gasteiger partial charge in [-0.15, -0.1) is 0 Å². The molecule has 6 N–H and O–H groups in total. The van der Waals surface area contributed by atoms with Crippen molar-refractivity contribution >= 4 is 46.4 Å². The van der Waals surface area contributed by atoms with Gasteiger partial charge in [-0.1, -0.05) is 41.4 Å². The average Bonchev–Trinajstić information content (AvgIpc) is 3.60.